The largest absolute Gasteiger partial charge is 0.481 e. The Labute approximate surface area is 128 Å². The zero-order valence-corrected chi connectivity index (χ0v) is 13.1. The van der Waals surface area contributed by atoms with E-state index in [2.05, 4.69) is 20.9 Å². The first-order valence-electron chi connectivity index (χ1n) is 6.25. The van der Waals surface area contributed by atoms with E-state index in [9.17, 15) is 14.0 Å². The molecule has 1 unspecified atom stereocenters. The molecular formula is C14H14BrFN2O3. The summed E-state index contributed by atoms with van der Waals surface area (Å²) in [6.45, 7) is 1.60. The lowest BCUT2D eigenvalue weighted by Gasteiger charge is -2.18. The molecule has 0 saturated heterocycles. The Hall–Kier alpha value is -1.89. The molecule has 2 N–H and O–H groups in total. The van der Waals surface area contributed by atoms with Crippen LogP contribution in [-0.2, 0) is 4.79 Å². The zero-order chi connectivity index (χ0) is 15.7. The van der Waals surface area contributed by atoms with Crippen LogP contribution in [0, 0.1) is 11.7 Å². The van der Waals surface area contributed by atoms with E-state index in [0.29, 0.717) is 15.4 Å². The van der Waals surface area contributed by atoms with Crippen molar-refractivity contribution in [3.05, 3.63) is 34.2 Å². The molecule has 2 rings (SSSR count). The number of carbonyl (C=O) groups is 2. The van der Waals surface area contributed by atoms with Gasteiger partial charge in [-0.15, -0.1) is 0 Å². The van der Waals surface area contributed by atoms with Crippen LogP contribution in [0.1, 0.15) is 17.4 Å². The van der Waals surface area contributed by atoms with E-state index in [1.165, 1.54) is 31.0 Å². The molecule has 112 valence electrons. The third-order valence-electron chi connectivity index (χ3n) is 3.20. The molecule has 0 spiro atoms. The second-order valence-corrected chi connectivity index (χ2v) is 5.87. The molecular weight excluding hydrogens is 343 g/mol. The monoisotopic (exact) mass is 356 g/mol. The molecule has 0 saturated carbocycles. The number of hydrogen-bond donors (Lipinski definition) is 2. The number of carboxylic acids is 1. The van der Waals surface area contributed by atoms with Crippen LogP contribution in [0.2, 0.25) is 0 Å². The van der Waals surface area contributed by atoms with Crippen molar-refractivity contribution in [1.82, 2.24) is 9.88 Å². The lowest BCUT2D eigenvalue weighted by atomic mass is 10.1. The van der Waals surface area contributed by atoms with Crippen molar-refractivity contribution in [3.63, 3.8) is 0 Å². The van der Waals surface area contributed by atoms with E-state index in [4.69, 9.17) is 5.11 Å². The predicted octanol–water partition coefficient (Wildman–Crippen LogP) is 2.86. The zero-order valence-electron chi connectivity index (χ0n) is 11.5. The topological polar surface area (TPSA) is 73.4 Å². The molecule has 0 aliphatic rings. The van der Waals surface area contributed by atoms with E-state index in [0.717, 1.165) is 0 Å². The number of aromatic nitrogens is 1. The van der Waals surface area contributed by atoms with E-state index < -0.39 is 17.7 Å². The summed E-state index contributed by atoms with van der Waals surface area (Å²) < 4.78 is 14.4. The number of nitrogens with zero attached hydrogens (tertiary/aromatic N) is 1. The van der Waals surface area contributed by atoms with Gasteiger partial charge in [-0.1, -0.05) is 22.9 Å². The number of carboxylic acid groups (broad SMARTS) is 1. The van der Waals surface area contributed by atoms with E-state index >= 15 is 0 Å². The van der Waals surface area contributed by atoms with Crippen LogP contribution in [0.4, 0.5) is 4.39 Å². The molecule has 1 heterocycles. The van der Waals surface area contributed by atoms with Gasteiger partial charge in [0.2, 0.25) is 0 Å². The van der Waals surface area contributed by atoms with Crippen LogP contribution in [0.3, 0.4) is 0 Å². The number of halogens is 2. The standard InChI is InChI=1S/C14H14BrFN2O3/c1-7(14(20)21)6-18(2)13(19)12-5-9-10(16)3-8(15)4-11(9)17-12/h3-5,7,17H,6H2,1-2H3,(H,20,21). The van der Waals surface area contributed by atoms with Crippen LogP contribution in [0.15, 0.2) is 22.7 Å². The van der Waals surface area contributed by atoms with Crippen LogP contribution >= 0.6 is 15.9 Å². The van der Waals surface area contributed by atoms with Crippen LogP contribution < -0.4 is 0 Å². The minimum absolute atomic E-state index is 0.0791. The molecule has 0 bridgehead atoms. The average Bonchev–Trinajstić information content (AvgIpc) is 2.81. The van der Waals surface area contributed by atoms with Crippen LogP contribution in [0.5, 0.6) is 0 Å². The lowest BCUT2D eigenvalue weighted by Crippen LogP contribution is -2.33. The summed E-state index contributed by atoms with van der Waals surface area (Å²) in [6, 6.07) is 4.43. The predicted molar refractivity (Wildman–Crippen MR) is 79.7 cm³/mol. The smallest absolute Gasteiger partial charge is 0.308 e. The Morgan fingerprint density at radius 2 is 2.10 bits per heavy atom. The van der Waals surface area contributed by atoms with E-state index in [-0.39, 0.29) is 18.1 Å². The second kappa shape index (κ2) is 5.85. The average molecular weight is 357 g/mol. The van der Waals surface area contributed by atoms with Gasteiger partial charge in [0.15, 0.2) is 0 Å². The highest BCUT2D eigenvalue weighted by atomic mass is 79.9. The number of rotatable bonds is 4. The summed E-state index contributed by atoms with van der Waals surface area (Å²) in [5.74, 6) is -2.46. The van der Waals surface area contributed by atoms with Crippen LogP contribution in [-0.4, -0.2) is 40.5 Å². The third kappa shape index (κ3) is 3.24. The van der Waals surface area contributed by atoms with Gasteiger partial charge in [-0.25, -0.2) is 4.39 Å². The lowest BCUT2D eigenvalue weighted by molar-refractivity contribution is -0.141. The summed E-state index contributed by atoms with van der Waals surface area (Å²) in [5, 5.41) is 9.18. The van der Waals surface area contributed by atoms with Gasteiger partial charge >= 0.3 is 5.97 Å². The maximum absolute atomic E-state index is 13.8. The number of amides is 1. The van der Waals surface area contributed by atoms with Gasteiger partial charge < -0.3 is 15.0 Å². The summed E-state index contributed by atoms with van der Waals surface area (Å²) in [7, 11) is 1.51. The molecule has 1 atom stereocenters. The van der Waals surface area contributed by atoms with Gasteiger partial charge in [0.1, 0.15) is 11.5 Å². The number of fused-ring (bicyclic) bond motifs is 1. The van der Waals surface area contributed by atoms with Gasteiger partial charge in [0.25, 0.3) is 5.91 Å². The molecule has 0 fully saturated rings. The number of hydrogen-bond acceptors (Lipinski definition) is 2. The quantitative estimate of drug-likeness (QED) is 0.884. The van der Waals surface area contributed by atoms with Crippen molar-refractivity contribution < 1.29 is 19.1 Å². The van der Waals surface area contributed by atoms with Crippen molar-refractivity contribution in [2.24, 2.45) is 5.92 Å². The fourth-order valence-electron chi connectivity index (χ4n) is 2.05. The molecule has 5 nitrogen and oxygen atoms in total. The van der Waals surface area contributed by atoms with E-state index in [1.54, 1.807) is 6.07 Å². The minimum Gasteiger partial charge on any atom is -0.481 e. The minimum atomic E-state index is -0.971. The number of nitrogens with one attached hydrogen (secondary N) is 1. The molecule has 0 aliphatic carbocycles. The van der Waals surface area contributed by atoms with Gasteiger partial charge in [0.05, 0.1) is 11.4 Å². The Morgan fingerprint density at radius 1 is 1.43 bits per heavy atom. The SMILES string of the molecule is CC(CN(C)C(=O)c1cc2c(F)cc(Br)cc2[nH]1)C(=O)O. The molecule has 0 aliphatic heterocycles. The Kier molecular flexibility index (Phi) is 4.32. The first-order chi connectivity index (χ1) is 9.79. The van der Waals surface area contributed by atoms with Gasteiger partial charge in [-0.05, 0) is 18.2 Å². The van der Waals surface area contributed by atoms with Crippen LogP contribution in [0.25, 0.3) is 10.9 Å². The van der Waals surface area contributed by atoms with Crippen molar-refractivity contribution >= 4 is 38.7 Å². The molecule has 0 radical (unpaired) electrons. The Morgan fingerprint density at radius 3 is 2.71 bits per heavy atom. The first-order valence-corrected chi connectivity index (χ1v) is 7.05. The van der Waals surface area contributed by atoms with Crippen molar-refractivity contribution in [2.75, 3.05) is 13.6 Å². The number of aromatic amines is 1. The summed E-state index contributed by atoms with van der Waals surface area (Å²) >= 11 is 3.19. The molecule has 1 aromatic carbocycles. The maximum atomic E-state index is 13.8. The summed E-state index contributed by atoms with van der Waals surface area (Å²) in [5.41, 5.74) is 0.729. The normalized spacial score (nSPS) is 12.4. The molecule has 1 amide bonds. The first kappa shape index (κ1) is 15.5. The Balaban J connectivity index is 2.27. The molecule has 21 heavy (non-hydrogen) atoms. The Bertz CT molecular complexity index is 714. The van der Waals surface area contributed by atoms with Gasteiger partial charge in [-0.3, -0.25) is 9.59 Å². The highest BCUT2D eigenvalue weighted by molar-refractivity contribution is 9.10. The number of H-pyrrole nitrogens is 1. The number of carbonyl (C=O) groups excluding carboxylic acids is 1. The summed E-state index contributed by atoms with van der Waals surface area (Å²) in [4.78, 5) is 27.2. The van der Waals surface area contributed by atoms with Crippen molar-refractivity contribution in [2.45, 2.75) is 6.92 Å². The van der Waals surface area contributed by atoms with Gasteiger partial charge in [-0.2, -0.15) is 0 Å². The maximum Gasteiger partial charge on any atom is 0.308 e. The van der Waals surface area contributed by atoms with E-state index in [1.807, 2.05) is 0 Å². The highest BCUT2D eigenvalue weighted by Gasteiger charge is 2.20. The fourth-order valence-corrected chi connectivity index (χ4v) is 2.48. The highest BCUT2D eigenvalue weighted by Crippen LogP contribution is 2.24. The molecule has 2 aromatic rings. The van der Waals surface area contributed by atoms with Crippen molar-refractivity contribution in [3.8, 4) is 0 Å². The van der Waals surface area contributed by atoms with Crippen molar-refractivity contribution in [1.29, 1.82) is 0 Å². The third-order valence-corrected chi connectivity index (χ3v) is 3.66. The summed E-state index contributed by atoms with van der Waals surface area (Å²) in [6.07, 6.45) is 0. The van der Waals surface area contributed by atoms with Gasteiger partial charge in [0, 0.05) is 23.5 Å². The fraction of sp³-hybridized carbons (Fsp3) is 0.286. The number of aliphatic carboxylic acids is 1. The number of benzene rings is 1. The molecule has 7 heteroatoms. The second-order valence-electron chi connectivity index (χ2n) is 4.96. The molecule has 1 aromatic heterocycles.